The Kier molecular flexibility index (Phi) is 4.14. The van der Waals surface area contributed by atoms with Crippen LogP contribution in [-0.2, 0) is 9.59 Å². The quantitative estimate of drug-likeness (QED) is 0.202. The van der Waals surface area contributed by atoms with Gasteiger partial charge in [-0.05, 0) is 0 Å². The molecule has 2 amide bonds. The number of nitrogens with zero attached hydrogens (tertiary/aromatic N) is 1. The third kappa shape index (κ3) is 6.03. The summed E-state index contributed by atoms with van der Waals surface area (Å²) in [4.78, 5) is 20.4. The third-order valence-corrected chi connectivity index (χ3v) is 0.648. The Bertz CT molecular complexity index is 209. The number of hydrogen-bond donors (Lipinski definition) is 3. The molecule has 0 saturated carbocycles. The molecule has 0 unspecified atom stereocenters. The topological polar surface area (TPSA) is 105 Å². The first-order chi connectivity index (χ1) is 5.16. The van der Waals surface area contributed by atoms with Gasteiger partial charge in [-0.2, -0.15) is 0 Å². The molecule has 6 heteroatoms. The molecule has 0 fully saturated rings. The lowest BCUT2D eigenvalue weighted by Gasteiger charge is -1.88. The van der Waals surface area contributed by atoms with Crippen molar-refractivity contribution in [3.63, 3.8) is 0 Å². The van der Waals surface area contributed by atoms with E-state index in [1.165, 1.54) is 0 Å². The number of rotatable bonds is 3. The Morgan fingerprint density at radius 3 is 2.64 bits per heavy atom. The molecule has 0 heterocycles. The summed E-state index contributed by atoms with van der Waals surface area (Å²) in [6, 6.07) is 0. The van der Waals surface area contributed by atoms with Gasteiger partial charge in [-0.1, -0.05) is 5.16 Å². The second kappa shape index (κ2) is 4.98. The summed E-state index contributed by atoms with van der Waals surface area (Å²) in [5.74, 6) is -1.32. The first-order valence-electron chi connectivity index (χ1n) is 2.60. The normalized spacial score (nSPS) is 10.5. The van der Waals surface area contributed by atoms with Gasteiger partial charge >= 0.3 is 0 Å². The van der Waals surface area contributed by atoms with Gasteiger partial charge in [0.2, 0.25) is 5.91 Å². The summed E-state index contributed by atoms with van der Waals surface area (Å²) in [6.07, 6.45) is 2.65. The Morgan fingerprint density at radius 2 is 2.18 bits per heavy atom. The van der Waals surface area contributed by atoms with Crippen molar-refractivity contribution in [3.05, 3.63) is 12.3 Å². The highest BCUT2D eigenvalue weighted by Gasteiger charge is 1.90. The van der Waals surface area contributed by atoms with Crippen molar-refractivity contribution in [2.45, 2.75) is 0 Å². The van der Waals surface area contributed by atoms with E-state index < -0.39 is 11.8 Å². The highest BCUT2D eigenvalue weighted by Crippen LogP contribution is 1.65. The molecule has 0 aromatic heterocycles. The monoisotopic (exact) mass is 157 g/mol. The maximum absolute atomic E-state index is 10.4. The summed E-state index contributed by atoms with van der Waals surface area (Å²) in [7, 11) is 0. The average molecular weight is 157 g/mol. The maximum atomic E-state index is 10.4. The largest absolute Gasteiger partial charge is 0.411 e. The molecule has 0 saturated heterocycles. The van der Waals surface area contributed by atoms with E-state index in [2.05, 4.69) is 10.5 Å². The zero-order valence-electron chi connectivity index (χ0n) is 5.52. The van der Waals surface area contributed by atoms with Crippen molar-refractivity contribution in [3.8, 4) is 0 Å². The van der Waals surface area contributed by atoms with Crippen LogP contribution in [-0.4, -0.2) is 23.2 Å². The van der Waals surface area contributed by atoms with Crippen molar-refractivity contribution in [1.29, 1.82) is 0 Å². The van der Waals surface area contributed by atoms with Crippen LogP contribution >= 0.6 is 0 Å². The van der Waals surface area contributed by atoms with Crippen LogP contribution in [0.25, 0.3) is 0 Å². The summed E-state index contributed by atoms with van der Waals surface area (Å²) < 4.78 is 0. The number of carbonyl (C=O) groups excluding carboxylic acids is 2. The number of nitrogens with two attached hydrogens (primary N) is 1. The minimum Gasteiger partial charge on any atom is -0.411 e. The molecule has 0 rings (SSSR count). The van der Waals surface area contributed by atoms with Gasteiger partial charge in [0.25, 0.3) is 5.91 Å². The van der Waals surface area contributed by atoms with Gasteiger partial charge in [-0.15, -0.1) is 0 Å². The highest BCUT2D eigenvalue weighted by atomic mass is 16.4. The molecule has 0 aliphatic heterocycles. The molecule has 4 N–H and O–H groups in total. The van der Waals surface area contributed by atoms with E-state index in [4.69, 9.17) is 10.9 Å². The Labute approximate surface area is 62.4 Å². The van der Waals surface area contributed by atoms with E-state index in [-0.39, 0.29) is 0 Å². The van der Waals surface area contributed by atoms with Crippen LogP contribution in [0, 0.1) is 0 Å². The number of oxime groups is 1. The second-order valence-electron chi connectivity index (χ2n) is 1.49. The zero-order chi connectivity index (χ0) is 8.69. The van der Waals surface area contributed by atoms with E-state index in [1.807, 2.05) is 0 Å². The minimum atomic E-state index is -0.675. The van der Waals surface area contributed by atoms with Gasteiger partial charge in [-0.3, -0.25) is 9.59 Å². The van der Waals surface area contributed by atoms with Gasteiger partial charge in [0, 0.05) is 12.3 Å². The molecule has 0 radical (unpaired) electrons. The lowest BCUT2D eigenvalue weighted by Crippen LogP contribution is -2.19. The predicted octanol–water partition coefficient (Wildman–Crippen LogP) is -1.44. The van der Waals surface area contributed by atoms with Crippen molar-refractivity contribution in [2.24, 2.45) is 10.9 Å². The fraction of sp³-hybridized carbons (Fsp3) is 0. The lowest BCUT2D eigenvalue weighted by atomic mass is 10.5. The smallest absolute Gasteiger partial charge is 0.269 e. The van der Waals surface area contributed by atoms with Gasteiger partial charge in [0.05, 0.1) is 0 Å². The van der Waals surface area contributed by atoms with E-state index in [0.29, 0.717) is 6.21 Å². The number of primary amides is 1. The molecule has 0 atom stereocenters. The van der Waals surface area contributed by atoms with Gasteiger partial charge < -0.3 is 16.3 Å². The summed E-state index contributed by atoms with van der Waals surface area (Å²) >= 11 is 0. The van der Waals surface area contributed by atoms with Crippen molar-refractivity contribution in [1.82, 2.24) is 5.32 Å². The number of hydrogen-bond acceptors (Lipinski definition) is 4. The standard InChI is InChI=1S/C5H7N3O3/c6-4(9)1-2-7-5(10)3-8-11/h1-3,11H,(H2,6,9)(H,7,10)/b2-1+,8-3+. The van der Waals surface area contributed by atoms with Gasteiger partial charge in [0.15, 0.2) is 0 Å². The van der Waals surface area contributed by atoms with Crippen molar-refractivity contribution >= 4 is 18.0 Å². The Morgan fingerprint density at radius 1 is 1.55 bits per heavy atom. The fourth-order valence-corrected chi connectivity index (χ4v) is 0.296. The first-order valence-corrected chi connectivity index (χ1v) is 2.60. The molecule has 0 aromatic carbocycles. The molecule has 0 aliphatic rings. The maximum Gasteiger partial charge on any atom is 0.269 e. The van der Waals surface area contributed by atoms with Crippen molar-refractivity contribution in [2.75, 3.05) is 0 Å². The van der Waals surface area contributed by atoms with Crippen LogP contribution in [0.3, 0.4) is 0 Å². The van der Waals surface area contributed by atoms with E-state index >= 15 is 0 Å². The number of amides is 2. The predicted molar refractivity (Wildman–Crippen MR) is 36.8 cm³/mol. The summed E-state index contributed by atoms with van der Waals surface area (Å²) in [6.45, 7) is 0. The van der Waals surface area contributed by atoms with Gasteiger partial charge in [-0.25, -0.2) is 0 Å². The highest BCUT2D eigenvalue weighted by molar-refractivity contribution is 6.26. The van der Waals surface area contributed by atoms with E-state index in [0.717, 1.165) is 12.3 Å². The minimum absolute atomic E-state index is 0.644. The van der Waals surface area contributed by atoms with E-state index in [9.17, 15) is 9.59 Å². The van der Waals surface area contributed by atoms with Crippen LogP contribution in [0.1, 0.15) is 0 Å². The number of carbonyl (C=O) groups is 2. The Hall–Kier alpha value is -1.85. The SMILES string of the molecule is NC(=O)/C=C/NC(=O)/C=N/O. The zero-order valence-corrected chi connectivity index (χ0v) is 5.52. The van der Waals surface area contributed by atoms with Crippen LogP contribution in [0.15, 0.2) is 17.4 Å². The van der Waals surface area contributed by atoms with Crippen molar-refractivity contribution < 1.29 is 14.8 Å². The first kappa shape index (κ1) is 9.15. The molecular weight excluding hydrogens is 150 g/mol. The summed E-state index contributed by atoms with van der Waals surface area (Å²) in [5.41, 5.74) is 4.69. The third-order valence-electron chi connectivity index (χ3n) is 0.648. The van der Waals surface area contributed by atoms with E-state index in [1.54, 1.807) is 0 Å². The van der Waals surface area contributed by atoms with Crippen LogP contribution in [0.5, 0.6) is 0 Å². The molecular formula is C5H7N3O3. The molecule has 6 nitrogen and oxygen atoms in total. The second-order valence-corrected chi connectivity index (χ2v) is 1.49. The average Bonchev–Trinajstić information content (AvgIpc) is 1.87. The summed E-state index contributed by atoms with van der Waals surface area (Å²) in [5, 5.41) is 12.4. The fourth-order valence-electron chi connectivity index (χ4n) is 0.296. The van der Waals surface area contributed by atoms with Gasteiger partial charge in [0.1, 0.15) is 6.21 Å². The lowest BCUT2D eigenvalue weighted by molar-refractivity contribution is -0.113. The molecule has 60 valence electrons. The van der Waals surface area contributed by atoms with Crippen LogP contribution in [0.4, 0.5) is 0 Å². The van der Waals surface area contributed by atoms with Crippen LogP contribution < -0.4 is 11.1 Å². The number of nitrogens with one attached hydrogen (secondary N) is 1. The molecule has 0 bridgehead atoms. The molecule has 11 heavy (non-hydrogen) atoms. The van der Waals surface area contributed by atoms with Crippen LogP contribution in [0.2, 0.25) is 0 Å². The molecule has 0 spiro atoms. The molecule has 0 aliphatic carbocycles. The Balaban J connectivity index is 3.70. The molecule has 0 aromatic rings.